The zero-order chi connectivity index (χ0) is 26.9. The zero-order valence-electron chi connectivity index (χ0n) is 21.7. The molecule has 0 saturated carbocycles. The number of carbonyl (C=O) groups excluding carboxylic acids is 4. The first-order chi connectivity index (χ1) is 18.2. The molecule has 3 aliphatic carbocycles. The number of likely N-dealkylation sites (tertiary alicyclic amines) is 1. The quantitative estimate of drug-likeness (QED) is 0.371. The number of allylic oxidation sites excluding steroid dienone is 6. The molecule has 1 N–H and O–H groups in total. The van der Waals surface area contributed by atoms with E-state index >= 15 is 0 Å². The van der Waals surface area contributed by atoms with Gasteiger partial charge in [0.2, 0.25) is 11.8 Å². The van der Waals surface area contributed by atoms with Crippen molar-refractivity contribution in [3.63, 3.8) is 0 Å². The number of nitrogens with zero attached hydrogens (tertiary/aromatic N) is 1. The number of aryl methyl sites for hydroxylation is 2. The lowest BCUT2D eigenvalue weighted by molar-refractivity contribution is -0.140. The first-order valence-corrected chi connectivity index (χ1v) is 13.1. The summed E-state index contributed by atoms with van der Waals surface area (Å²) in [4.78, 5) is 55.4. The number of hydrogen-bond donors (Lipinski definition) is 1. The van der Waals surface area contributed by atoms with Gasteiger partial charge in [-0.3, -0.25) is 24.1 Å². The first kappa shape index (κ1) is 24.3. The predicted molar refractivity (Wildman–Crippen MR) is 141 cm³/mol. The first-order valence-electron chi connectivity index (χ1n) is 13.1. The molecular weight excluding hydrogens is 478 g/mol. The average molecular weight is 508 g/mol. The van der Waals surface area contributed by atoms with Crippen LogP contribution in [0, 0.1) is 31.6 Å². The molecule has 4 atom stereocenters. The van der Waals surface area contributed by atoms with Crippen LogP contribution in [0.4, 0.5) is 0 Å². The molecule has 0 aromatic heterocycles. The fourth-order valence-electron chi connectivity index (χ4n) is 6.90. The van der Waals surface area contributed by atoms with Gasteiger partial charge in [-0.15, -0.1) is 0 Å². The average Bonchev–Trinajstić information content (AvgIpc) is 3.14. The number of rotatable bonds is 3. The molecule has 38 heavy (non-hydrogen) atoms. The summed E-state index contributed by atoms with van der Waals surface area (Å²) >= 11 is 0. The molecule has 0 spiro atoms. The van der Waals surface area contributed by atoms with Gasteiger partial charge in [0.15, 0.2) is 11.6 Å². The topological polar surface area (TPSA) is 91.8 Å². The predicted octanol–water partition coefficient (Wildman–Crippen LogP) is 4.64. The maximum atomic E-state index is 13.8. The van der Waals surface area contributed by atoms with E-state index in [4.69, 9.17) is 0 Å². The molecule has 4 unspecified atom stereocenters. The van der Waals surface area contributed by atoms with Gasteiger partial charge in [-0.05, 0) is 67.9 Å². The van der Waals surface area contributed by atoms with Crippen LogP contribution in [0.3, 0.4) is 0 Å². The number of ketones is 2. The number of amides is 2. The fourth-order valence-corrected chi connectivity index (χ4v) is 6.90. The number of benzene rings is 2. The van der Waals surface area contributed by atoms with E-state index in [0.717, 1.165) is 16.7 Å². The molecule has 6 rings (SSSR count). The van der Waals surface area contributed by atoms with Crippen molar-refractivity contribution < 1.29 is 24.3 Å². The highest BCUT2D eigenvalue weighted by Gasteiger charge is 2.56. The summed E-state index contributed by atoms with van der Waals surface area (Å²) in [5.41, 5.74) is 5.29. The van der Waals surface area contributed by atoms with Crippen LogP contribution >= 0.6 is 0 Å². The summed E-state index contributed by atoms with van der Waals surface area (Å²) in [6, 6.07) is 13.2. The highest BCUT2D eigenvalue weighted by molar-refractivity contribution is 6.23. The molecule has 1 aliphatic heterocycles. The van der Waals surface area contributed by atoms with E-state index < -0.39 is 17.8 Å². The summed E-state index contributed by atoms with van der Waals surface area (Å²) in [5, 5.41) is 10.4. The highest BCUT2D eigenvalue weighted by Crippen LogP contribution is 2.55. The van der Waals surface area contributed by atoms with Crippen molar-refractivity contribution in [2.45, 2.75) is 46.1 Å². The largest absolute Gasteiger partial charge is 0.507 e. The zero-order valence-corrected chi connectivity index (χ0v) is 21.7. The molecule has 2 aromatic carbocycles. The second-order valence-corrected chi connectivity index (χ2v) is 11.0. The Labute approximate surface area is 221 Å². The summed E-state index contributed by atoms with van der Waals surface area (Å²) in [6.07, 6.45) is 4.12. The van der Waals surface area contributed by atoms with Crippen LogP contribution in [-0.4, -0.2) is 33.4 Å². The second-order valence-electron chi connectivity index (χ2n) is 11.0. The molecule has 1 saturated heterocycles. The van der Waals surface area contributed by atoms with E-state index in [1.807, 2.05) is 62.4 Å². The standard InChI is InChI=1S/C32H29NO5/c1-16-11-20(12-17(2)29(16)35)26-21-9-10-22-27(23(21)14-24-28(26)25(34)13-18(3)30(24)36)32(38)33(31(22)37)15-19-7-5-4-6-8-19/h4-9,11-13,22-23,26-27,35H,10,14-15H2,1-3H3. The highest BCUT2D eigenvalue weighted by atomic mass is 16.3. The Bertz CT molecular complexity index is 1500. The lowest BCUT2D eigenvalue weighted by Gasteiger charge is -2.42. The lowest BCUT2D eigenvalue weighted by Crippen LogP contribution is -2.39. The number of aromatic hydroxyl groups is 1. The number of Topliss-reactive ketones (excluding diaryl/α,β-unsaturated/α-hetero) is 1. The molecule has 0 radical (unpaired) electrons. The van der Waals surface area contributed by atoms with Gasteiger partial charge in [0.1, 0.15) is 5.75 Å². The molecule has 0 bridgehead atoms. The molecule has 2 aromatic rings. The number of imide groups is 1. The Balaban J connectivity index is 1.47. The Morgan fingerprint density at radius 3 is 2.29 bits per heavy atom. The number of carbonyl (C=O) groups is 4. The van der Waals surface area contributed by atoms with Crippen LogP contribution in [-0.2, 0) is 25.7 Å². The van der Waals surface area contributed by atoms with Crippen LogP contribution < -0.4 is 0 Å². The molecule has 6 heteroatoms. The summed E-state index contributed by atoms with van der Waals surface area (Å²) < 4.78 is 0. The number of hydrogen-bond acceptors (Lipinski definition) is 5. The van der Waals surface area contributed by atoms with E-state index in [1.54, 1.807) is 6.92 Å². The smallest absolute Gasteiger partial charge is 0.234 e. The van der Waals surface area contributed by atoms with Gasteiger partial charge in [0.05, 0.1) is 18.4 Å². The minimum atomic E-state index is -0.573. The molecule has 192 valence electrons. The Hall–Kier alpha value is -4.06. The van der Waals surface area contributed by atoms with E-state index in [2.05, 4.69) is 0 Å². The Kier molecular flexibility index (Phi) is 5.60. The summed E-state index contributed by atoms with van der Waals surface area (Å²) in [7, 11) is 0. The van der Waals surface area contributed by atoms with Gasteiger partial charge in [0, 0.05) is 22.6 Å². The number of phenols is 1. The Morgan fingerprint density at radius 1 is 0.921 bits per heavy atom. The third kappa shape index (κ3) is 3.54. The number of fused-ring (bicyclic) bond motifs is 3. The van der Waals surface area contributed by atoms with Gasteiger partial charge in [-0.2, -0.15) is 0 Å². The van der Waals surface area contributed by atoms with Crippen molar-refractivity contribution in [3.8, 4) is 5.75 Å². The number of phenolic OH excluding ortho intramolecular Hbond substituents is 1. The summed E-state index contributed by atoms with van der Waals surface area (Å²) in [6.45, 7) is 5.49. The lowest BCUT2D eigenvalue weighted by atomic mass is 9.59. The van der Waals surface area contributed by atoms with Crippen molar-refractivity contribution in [2.75, 3.05) is 0 Å². The monoisotopic (exact) mass is 507 g/mol. The summed E-state index contributed by atoms with van der Waals surface area (Å²) in [5.74, 6) is -2.45. The molecule has 1 heterocycles. The van der Waals surface area contributed by atoms with Gasteiger partial charge >= 0.3 is 0 Å². The van der Waals surface area contributed by atoms with Crippen molar-refractivity contribution in [1.29, 1.82) is 0 Å². The van der Waals surface area contributed by atoms with Crippen molar-refractivity contribution in [3.05, 3.63) is 99.2 Å². The molecule has 6 nitrogen and oxygen atoms in total. The van der Waals surface area contributed by atoms with E-state index in [1.165, 1.54) is 11.0 Å². The maximum Gasteiger partial charge on any atom is 0.234 e. The Morgan fingerprint density at radius 2 is 1.61 bits per heavy atom. The van der Waals surface area contributed by atoms with Gasteiger partial charge in [0.25, 0.3) is 0 Å². The molecule has 2 amide bonds. The molecular formula is C32H29NO5. The SMILES string of the molecule is CC1=CC(=O)C2=C(CC3C(=CCC4C(=O)N(Cc5ccccc5)C(=O)C43)C2c2cc(C)c(O)c(C)c2)C1=O. The fraction of sp³-hybridized carbons (Fsp3) is 0.312. The van der Waals surface area contributed by atoms with Gasteiger partial charge < -0.3 is 5.11 Å². The molecule has 4 aliphatic rings. The van der Waals surface area contributed by atoms with Crippen LogP contribution in [0.15, 0.2) is 76.9 Å². The van der Waals surface area contributed by atoms with Crippen LogP contribution in [0.25, 0.3) is 0 Å². The van der Waals surface area contributed by atoms with Crippen LogP contribution in [0.5, 0.6) is 5.75 Å². The van der Waals surface area contributed by atoms with Crippen molar-refractivity contribution in [2.24, 2.45) is 17.8 Å². The van der Waals surface area contributed by atoms with Gasteiger partial charge in [-0.1, -0.05) is 54.1 Å². The van der Waals surface area contributed by atoms with Crippen LogP contribution in [0.1, 0.15) is 47.9 Å². The van der Waals surface area contributed by atoms with E-state index in [-0.39, 0.29) is 48.0 Å². The normalized spacial score (nSPS) is 26.7. The van der Waals surface area contributed by atoms with Gasteiger partial charge in [-0.25, -0.2) is 0 Å². The van der Waals surface area contributed by atoms with E-state index in [0.29, 0.717) is 34.3 Å². The third-order valence-electron chi connectivity index (χ3n) is 8.68. The maximum absolute atomic E-state index is 13.8. The molecule has 1 fully saturated rings. The minimum absolute atomic E-state index is 0.170. The van der Waals surface area contributed by atoms with Crippen LogP contribution in [0.2, 0.25) is 0 Å². The second kappa shape index (κ2) is 8.76. The minimum Gasteiger partial charge on any atom is -0.507 e. The van der Waals surface area contributed by atoms with E-state index in [9.17, 15) is 24.3 Å². The van der Waals surface area contributed by atoms with Crippen molar-refractivity contribution >= 4 is 23.4 Å². The van der Waals surface area contributed by atoms with Crippen molar-refractivity contribution in [1.82, 2.24) is 4.90 Å². The third-order valence-corrected chi connectivity index (χ3v) is 8.68.